The van der Waals surface area contributed by atoms with E-state index in [1.807, 2.05) is 12.3 Å². The molecule has 2 heterocycles. The van der Waals surface area contributed by atoms with Gasteiger partial charge in [0.25, 0.3) is 0 Å². The Bertz CT molecular complexity index is 465. The quantitative estimate of drug-likeness (QED) is 0.825. The zero-order valence-corrected chi connectivity index (χ0v) is 11.0. The Morgan fingerprint density at radius 2 is 2.24 bits per heavy atom. The summed E-state index contributed by atoms with van der Waals surface area (Å²) >= 11 is 1.77. The Morgan fingerprint density at radius 1 is 1.35 bits per heavy atom. The third kappa shape index (κ3) is 3.61. The fraction of sp³-hybridized carbons (Fsp3) is 0.385. The van der Waals surface area contributed by atoms with Crippen LogP contribution in [0.15, 0.2) is 24.5 Å². The number of hydrogen-bond donors (Lipinski definition) is 1. The van der Waals surface area contributed by atoms with Gasteiger partial charge in [0.2, 0.25) is 0 Å². The summed E-state index contributed by atoms with van der Waals surface area (Å²) in [6, 6.07) is 4.09. The van der Waals surface area contributed by atoms with Crippen LogP contribution in [-0.2, 0) is 13.0 Å². The lowest BCUT2D eigenvalue weighted by atomic mass is 10.2. The fourth-order valence-electron chi connectivity index (χ4n) is 1.72. The molecule has 90 valence electrons. The van der Waals surface area contributed by atoms with E-state index in [1.54, 1.807) is 17.5 Å². The summed E-state index contributed by atoms with van der Waals surface area (Å²) < 4.78 is 0. The predicted molar refractivity (Wildman–Crippen MR) is 71.2 cm³/mol. The van der Waals surface area contributed by atoms with Crippen LogP contribution in [0, 0.1) is 13.8 Å². The molecule has 0 amide bonds. The Kier molecular flexibility index (Phi) is 4.23. The first-order valence-corrected chi connectivity index (χ1v) is 6.60. The van der Waals surface area contributed by atoms with Crippen molar-refractivity contribution in [1.82, 2.24) is 15.3 Å². The van der Waals surface area contributed by atoms with E-state index in [2.05, 4.69) is 35.2 Å². The molecule has 0 saturated heterocycles. The molecule has 0 saturated carbocycles. The summed E-state index contributed by atoms with van der Waals surface area (Å²) in [5.41, 5.74) is 2.43. The Balaban J connectivity index is 1.75. The van der Waals surface area contributed by atoms with Gasteiger partial charge in [-0.3, -0.25) is 4.98 Å². The van der Waals surface area contributed by atoms with Gasteiger partial charge < -0.3 is 5.32 Å². The van der Waals surface area contributed by atoms with Gasteiger partial charge in [0.1, 0.15) is 0 Å². The van der Waals surface area contributed by atoms with E-state index < -0.39 is 0 Å². The van der Waals surface area contributed by atoms with Crippen LogP contribution in [0.5, 0.6) is 0 Å². The van der Waals surface area contributed by atoms with Crippen molar-refractivity contribution < 1.29 is 0 Å². The molecule has 3 nitrogen and oxygen atoms in total. The lowest BCUT2D eigenvalue weighted by Gasteiger charge is -2.03. The van der Waals surface area contributed by atoms with E-state index in [9.17, 15) is 0 Å². The summed E-state index contributed by atoms with van der Waals surface area (Å²) in [6.07, 6.45) is 4.74. The molecular formula is C13H17N3S. The predicted octanol–water partition coefficient (Wildman–Crippen LogP) is 2.49. The molecule has 2 aromatic heterocycles. The second-order valence-corrected chi connectivity index (χ2v) is 5.32. The number of nitrogens with one attached hydrogen (secondary N) is 1. The van der Waals surface area contributed by atoms with Gasteiger partial charge in [-0.1, -0.05) is 6.07 Å². The van der Waals surface area contributed by atoms with Gasteiger partial charge in [-0.15, -0.1) is 11.3 Å². The second-order valence-electron chi connectivity index (χ2n) is 4.03. The molecule has 2 rings (SSSR count). The fourth-order valence-corrected chi connectivity index (χ4v) is 2.62. The number of rotatable bonds is 5. The molecule has 0 aliphatic heterocycles. The van der Waals surface area contributed by atoms with Gasteiger partial charge in [0.15, 0.2) is 0 Å². The zero-order chi connectivity index (χ0) is 12.1. The molecule has 0 aromatic carbocycles. The first-order chi connectivity index (χ1) is 8.25. The highest BCUT2D eigenvalue weighted by atomic mass is 32.1. The summed E-state index contributed by atoms with van der Waals surface area (Å²) in [6.45, 7) is 6.01. The minimum Gasteiger partial charge on any atom is -0.311 e. The van der Waals surface area contributed by atoms with Crippen LogP contribution in [0.1, 0.15) is 21.1 Å². The van der Waals surface area contributed by atoms with Gasteiger partial charge in [0.05, 0.1) is 10.7 Å². The summed E-state index contributed by atoms with van der Waals surface area (Å²) in [4.78, 5) is 9.86. The van der Waals surface area contributed by atoms with Crippen molar-refractivity contribution >= 4 is 11.3 Å². The minimum absolute atomic E-state index is 0.914. The monoisotopic (exact) mass is 247 g/mol. The summed E-state index contributed by atoms with van der Waals surface area (Å²) in [5, 5.41) is 4.59. The van der Waals surface area contributed by atoms with Crippen LogP contribution in [0.25, 0.3) is 0 Å². The average Bonchev–Trinajstić information content (AvgIpc) is 2.65. The molecule has 0 spiro atoms. The van der Waals surface area contributed by atoms with E-state index in [4.69, 9.17) is 0 Å². The molecule has 2 aromatic rings. The maximum atomic E-state index is 4.42. The third-order valence-corrected chi connectivity index (χ3v) is 3.67. The molecule has 0 radical (unpaired) electrons. The number of thiazole rings is 1. The lowest BCUT2D eigenvalue weighted by Crippen LogP contribution is -2.16. The average molecular weight is 247 g/mol. The highest BCUT2D eigenvalue weighted by molar-refractivity contribution is 7.11. The first-order valence-electron chi connectivity index (χ1n) is 5.78. The minimum atomic E-state index is 0.914. The summed E-state index contributed by atoms with van der Waals surface area (Å²) in [7, 11) is 0. The smallest absolute Gasteiger partial charge is 0.0900 e. The Labute approximate surface area is 106 Å². The van der Waals surface area contributed by atoms with E-state index in [1.165, 1.54) is 10.4 Å². The molecule has 0 aliphatic rings. The van der Waals surface area contributed by atoms with Crippen LogP contribution in [0.3, 0.4) is 0 Å². The van der Waals surface area contributed by atoms with Crippen molar-refractivity contribution in [2.24, 2.45) is 0 Å². The number of pyridine rings is 1. The molecule has 1 N–H and O–H groups in total. The van der Waals surface area contributed by atoms with Crippen LogP contribution in [-0.4, -0.2) is 16.5 Å². The number of nitrogens with zero attached hydrogens (tertiary/aromatic N) is 2. The molecule has 0 unspecified atom stereocenters. The normalized spacial score (nSPS) is 10.7. The Morgan fingerprint density at radius 3 is 2.88 bits per heavy atom. The molecule has 4 heteroatoms. The first kappa shape index (κ1) is 12.2. The SMILES string of the molecule is Cc1nc(C)c(CNCCc2cccnc2)s1. The zero-order valence-electron chi connectivity index (χ0n) is 10.2. The van der Waals surface area contributed by atoms with Gasteiger partial charge in [-0.05, 0) is 38.4 Å². The molecule has 17 heavy (non-hydrogen) atoms. The van der Waals surface area contributed by atoms with Crippen molar-refractivity contribution in [2.75, 3.05) is 6.54 Å². The van der Waals surface area contributed by atoms with E-state index >= 15 is 0 Å². The molecule has 0 fully saturated rings. The molecule has 0 aliphatic carbocycles. The van der Waals surface area contributed by atoms with Crippen molar-refractivity contribution in [2.45, 2.75) is 26.8 Å². The van der Waals surface area contributed by atoms with Crippen LogP contribution >= 0.6 is 11.3 Å². The topological polar surface area (TPSA) is 37.8 Å². The highest BCUT2D eigenvalue weighted by Crippen LogP contribution is 2.16. The van der Waals surface area contributed by atoms with Crippen molar-refractivity contribution in [3.05, 3.63) is 45.7 Å². The van der Waals surface area contributed by atoms with Gasteiger partial charge in [-0.2, -0.15) is 0 Å². The number of hydrogen-bond acceptors (Lipinski definition) is 4. The molecular weight excluding hydrogens is 230 g/mol. The van der Waals surface area contributed by atoms with Gasteiger partial charge in [-0.25, -0.2) is 4.98 Å². The largest absolute Gasteiger partial charge is 0.311 e. The van der Waals surface area contributed by atoms with Crippen LogP contribution < -0.4 is 5.32 Å². The highest BCUT2D eigenvalue weighted by Gasteiger charge is 2.03. The van der Waals surface area contributed by atoms with Crippen molar-refractivity contribution in [1.29, 1.82) is 0 Å². The van der Waals surface area contributed by atoms with Gasteiger partial charge in [0, 0.05) is 23.8 Å². The summed E-state index contributed by atoms with van der Waals surface area (Å²) in [5.74, 6) is 0. The van der Waals surface area contributed by atoms with Crippen molar-refractivity contribution in [3.63, 3.8) is 0 Å². The van der Waals surface area contributed by atoms with Crippen LogP contribution in [0.4, 0.5) is 0 Å². The Hall–Kier alpha value is -1.26. The maximum absolute atomic E-state index is 4.42. The van der Waals surface area contributed by atoms with E-state index in [-0.39, 0.29) is 0 Å². The number of aromatic nitrogens is 2. The van der Waals surface area contributed by atoms with E-state index in [0.29, 0.717) is 0 Å². The standard InChI is InChI=1S/C13H17N3S/c1-10-13(17-11(2)16-10)9-15-7-5-12-4-3-6-14-8-12/h3-4,6,8,15H,5,7,9H2,1-2H3. The lowest BCUT2D eigenvalue weighted by molar-refractivity contribution is 0.689. The number of aryl methyl sites for hydroxylation is 2. The van der Waals surface area contributed by atoms with Crippen LogP contribution in [0.2, 0.25) is 0 Å². The maximum Gasteiger partial charge on any atom is 0.0900 e. The second kappa shape index (κ2) is 5.89. The third-order valence-electron chi connectivity index (χ3n) is 2.60. The van der Waals surface area contributed by atoms with Crippen molar-refractivity contribution in [3.8, 4) is 0 Å². The molecule has 0 atom stereocenters. The van der Waals surface area contributed by atoms with E-state index in [0.717, 1.165) is 30.2 Å². The molecule has 0 bridgehead atoms. The van der Waals surface area contributed by atoms with Gasteiger partial charge >= 0.3 is 0 Å².